The van der Waals surface area contributed by atoms with Gasteiger partial charge in [0.05, 0.1) is 14.2 Å². The van der Waals surface area contributed by atoms with Crippen molar-refractivity contribution in [2.75, 3.05) is 32.8 Å². The molecule has 0 spiro atoms. The highest BCUT2D eigenvalue weighted by Crippen LogP contribution is 2.32. The maximum Gasteiger partial charge on any atom is 0.252 e. The highest BCUT2D eigenvalue weighted by Gasteiger charge is 2.26. The number of ether oxygens (including phenoxy) is 4. The van der Waals surface area contributed by atoms with E-state index in [-0.39, 0.29) is 11.8 Å². The molecule has 1 atom stereocenters. The number of rotatable bonds is 7. The summed E-state index contributed by atoms with van der Waals surface area (Å²) in [7, 11) is 3.02. The van der Waals surface area contributed by atoms with E-state index in [4.69, 9.17) is 18.9 Å². The van der Waals surface area contributed by atoms with Crippen LogP contribution in [0, 0.1) is 5.92 Å². The largest absolute Gasteiger partial charge is 0.497 e. The predicted octanol–water partition coefficient (Wildman–Crippen LogP) is 2.87. The summed E-state index contributed by atoms with van der Waals surface area (Å²) in [6.45, 7) is 4.68. The zero-order valence-electron chi connectivity index (χ0n) is 17.5. The van der Waals surface area contributed by atoms with Crippen LogP contribution in [-0.4, -0.2) is 45.3 Å². The summed E-state index contributed by atoms with van der Waals surface area (Å²) in [5.41, 5.74) is 0.899. The van der Waals surface area contributed by atoms with E-state index in [0.29, 0.717) is 47.5 Å². The standard InChI is InChI=1S/C22H26N2O6/c1-13(2)20(24-21(25)14-9-16(27-3)12-17(10-14)28-4)22(26)23-15-5-6-18-19(11-15)30-8-7-29-18/h5-6,9-13,20H,7-8H2,1-4H3,(H,23,26)(H,24,25). The Morgan fingerprint density at radius 1 is 0.933 bits per heavy atom. The molecule has 8 heteroatoms. The van der Waals surface area contributed by atoms with Crippen LogP contribution in [0.1, 0.15) is 24.2 Å². The van der Waals surface area contributed by atoms with Crippen LogP contribution in [-0.2, 0) is 4.79 Å². The number of methoxy groups -OCH3 is 2. The lowest BCUT2D eigenvalue weighted by Crippen LogP contribution is -2.47. The van der Waals surface area contributed by atoms with E-state index in [1.54, 1.807) is 36.4 Å². The maximum absolute atomic E-state index is 12.9. The Bertz CT molecular complexity index is 906. The quantitative estimate of drug-likeness (QED) is 0.724. The summed E-state index contributed by atoms with van der Waals surface area (Å²) in [5.74, 6) is 1.32. The minimum Gasteiger partial charge on any atom is -0.497 e. The lowest BCUT2D eigenvalue weighted by atomic mass is 10.0. The van der Waals surface area contributed by atoms with Crippen LogP contribution >= 0.6 is 0 Å². The van der Waals surface area contributed by atoms with Crippen molar-refractivity contribution in [2.45, 2.75) is 19.9 Å². The zero-order chi connectivity index (χ0) is 21.7. The molecule has 3 rings (SSSR count). The molecule has 2 amide bonds. The van der Waals surface area contributed by atoms with Gasteiger partial charge in [-0.2, -0.15) is 0 Å². The predicted molar refractivity (Wildman–Crippen MR) is 112 cm³/mol. The summed E-state index contributed by atoms with van der Waals surface area (Å²) < 4.78 is 21.5. The van der Waals surface area contributed by atoms with E-state index < -0.39 is 11.9 Å². The Morgan fingerprint density at radius 2 is 1.57 bits per heavy atom. The van der Waals surface area contributed by atoms with Gasteiger partial charge in [0.25, 0.3) is 5.91 Å². The number of amides is 2. The number of hydrogen-bond donors (Lipinski definition) is 2. The molecule has 0 radical (unpaired) electrons. The first-order chi connectivity index (χ1) is 14.4. The molecule has 2 aromatic rings. The monoisotopic (exact) mass is 414 g/mol. The van der Waals surface area contributed by atoms with Crippen molar-refractivity contribution in [1.29, 1.82) is 0 Å². The molecule has 160 valence electrons. The fraction of sp³-hybridized carbons (Fsp3) is 0.364. The normalized spacial score (nSPS) is 13.4. The number of fused-ring (bicyclic) bond motifs is 1. The first kappa shape index (κ1) is 21.3. The third-order valence-corrected chi connectivity index (χ3v) is 4.66. The van der Waals surface area contributed by atoms with E-state index in [0.717, 1.165) is 0 Å². The van der Waals surface area contributed by atoms with Crippen LogP contribution in [0.25, 0.3) is 0 Å². The summed E-state index contributed by atoms with van der Waals surface area (Å²) >= 11 is 0. The second-order valence-corrected chi connectivity index (χ2v) is 7.14. The van der Waals surface area contributed by atoms with Gasteiger partial charge in [-0.3, -0.25) is 9.59 Å². The first-order valence-electron chi connectivity index (χ1n) is 9.65. The fourth-order valence-corrected chi connectivity index (χ4v) is 3.04. The van der Waals surface area contributed by atoms with Crippen molar-refractivity contribution in [1.82, 2.24) is 5.32 Å². The molecule has 0 saturated heterocycles. The van der Waals surface area contributed by atoms with Gasteiger partial charge in [-0.25, -0.2) is 0 Å². The molecular formula is C22H26N2O6. The van der Waals surface area contributed by atoms with Gasteiger partial charge in [0.1, 0.15) is 30.8 Å². The molecule has 0 aromatic heterocycles. The summed E-state index contributed by atoms with van der Waals surface area (Å²) in [4.78, 5) is 25.7. The van der Waals surface area contributed by atoms with Crippen LogP contribution in [0.3, 0.4) is 0 Å². The van der Waals surface area contributed by atoms with Gasteiger partial charge in [0.2, 0.25) is 5.91 Å². The second kappa shape index (κ2) is 9.39. The molecule has 30 heavy (non-hydrogen) atoms. The Labute approximate surface area is 175 Å². The smallest absolute Gasteiger partial charge is 0.252 e. The highest BCUT2D eigenvalue weighted by molar-refractivity contribution is 6.01. The van der Waals surface area contributed by atoms with Crippen molar-refractivity contribution in [3.8, 4) is 23.0 Å². The maximum atomic E-state index is 12.9. The Balaban J connectivity index is 1.74. The van der Waals surface area contributed by atoms with Gasteiger partial charge in [0, 0.05) is 23.4 Å². The Kier molecular flexibility index (Phi) is 6.66. The van der Waals surface area contributed by atoms with Crippen molar-refractivity contribution in [2.24, 2.45) is 5.92 Å². The molecule has 1 heterocycles. The first-order valence-corrected chi connectivity index (χ1v) is 9.65. The molecule has 0 saturated carbocycles. The third-order valence-electron chi connectivity index (χ3n) is 4.66. The molecule has 1 unspecified atom stereocenters. The molecule has 1 aliphatic heterocycles. The average molecular weight is 414 g/mol. The average Bonchev–Trinajstić information content (AvgIpc) is 2.76. The van der Waals surface area contributed by atoms with Gasteiger partial charge in [-0.15, -0.1) is 0 Å². The van der Waals surface area contributed by atoms with E-state index in [2.05, 4.69) is 10.6 Å². The number of hydrogen-bond acceptors (Lipinski definition) is 6. The van der Waals surface area contributed by atoms with Gasteiger partial charge in [0.15, 0.2) is 11.5 Å². The summed E-state index contributed by atoms with van der Waals surface area (Å²) in [5, 5.41) is 5.64. The molecule has 0 fully saturated rings. The molecular weight excluding hydrogens is 388 g/mol. The van der Waals surface area contributed by atoms with Gasteiger partial charge >= 0.3 is 0 Å². The van der Waals surface area contributed by atoms with Gasteiger partial charge in [-0.1, -0.05) is 13.8 Å². The van der Waals surface area contributed by atoms with Crippen molar-refractivity contribution in [3.63, 3.8) is 0 Å². The molecule has 2 aromatic carbocycles. The molecule has 2 N–H and O–H groups in total. The van der Waals surface area contributed by atoms with E-state index >= 15 is 0 Å². The Morgan fingerprint density at radius 3 is 2.17 bits per heavy atom. The number of carbonyl (C=O) groups excluding carboxylic acids is 2. The third kappa shape index (κ3) is 4.94. The van der Waals surface area contributed by atoms with E-state index in [1.165, 1.54) is 14.2 Å². The molecule has 8 nitrogen and oxygen atoms in total. The molecule has 0 bridgehead atoms. The SMILES string of the molecule is COc1cc(OC)cc(C(=O)NC(C(=O)Nc2ccc3c(c2)OCCO3)C(C)C)c1. The van der Waals surface area contributed by atoms with Crippen LogP contribution in [0.15, 0.2) is 36.4 Å². The number of anilines is 1. The van der Waals surface area contributed by atoms with E-state index in [1.807, 2.05) is 13.8 Å². The highest BCUT2D eigenvalue weighted by atomic mass is 16.6. The van der Waals surface area contributed by atoms with Crippen LogP contribution in [0.4, 0.5) is 5.69 Å². The van der Waals surface area contributed by atoms with Gasteiger partial charge < -0.3 is 29.6 Å². The lowest BCUT2D eigenvalue weighted by Gasteiger charge is -2.23. The number of benzene rings is 2. The van der Waals surface area contributed by atoms with E-state index in [9.17, 15) is 9.59 Å². The summed E-state index contributed by atoms with van der Waals surface area (Å²) in [6.07, 6.45) is 0. The lowest BCUT2D eigenvalue weighted by molar-refractivity contribution is -0.118. The van der Waals surface area contributed by atoms with Crippen LogP contribution < -0.4 is 29.6 Å². The summed E-state index contributed by atoms with van der Waals surface area (Å²) in [6, 6.07) is 9.29. The van der Waals surface area contributed by atoms with Crippen molar-refractivity contribution in [3.05, 3.63) is 42.0 Å². The van der Waals surface area contributed by atoms with Gasteiger partial charge in [-0.05, 0) is 30.2 Å². The fourth-order valence-electron chi connectivity index (χ4n) is 3.04. The zero-order valence-corrected chi connectivity index (χ0v) is 17.5. The van der Waals surface area contributed by atoms with Crippen LogP contribution in [0.2, 0.25) is 0 Å². The minimum absolute atomic E-state index is 0.140. The molecule has 1 aliphatic rings. The second-order valence-electron chi connectivity index (χ2n) is 7.14. The van der Waals surface area contributed by atoms with Crippen molar-refractivity contribution < 1.29 is 28.5 Å². The van der Waals surface area contributed by atoms with Crippen LogP contribution in [0.5, 0.6) is 23.0 Å². The topological polar surface area (TPSA) is 95.1 Å². The number of carbonyl (C=O) groups is 2. The number of nitrogens with one attached hydrogen (secondary N) is 2. The van der Waals surface area contributed by atoms with Crippen molar-refractivity contribution >= 4 is 17.5 Å². The minimum atomic E-state index is -0.747. The Hall–Kier alpha value is -3.42. The molecule has 0 aliphatic carbocycles.